The van der Waals surface area contributed by atoms with Crippen molar-refractivity contribution in [3.63, 3.8) is 0 Å². The minimum Gasteiger partial charge on any atom is -0.396 e. The molecular weight excluding hydrogens is 356 g/mol. The highest BCUT2D eigenvalue weighted by Crippen LogP contribution is 2.40. The number of aliphatic imine (C=N–C) groups is 1. The van der Waals surface area contributed by atoms with Crippen molar-refractivity contribution in [2.75, 3.05) is 31.6 Å². The number of aliphatic hydroxyl groups is 1. The molecule has 0 saturated carbocycles. The number of anilines is 2. The number of thiophene rings is 1. The summed E-state index contributed by atoms with van der Waals surface area (Å²) < 4.78 is 0. The van der Waals surface area contributed by atoms with Gasteiger partial charge in [-0.2, -0.15) is 0 Å². The number of aryl methyl sites for hydroxylation is 1. The van der Waals surface area contributed by atoms with E-state index in [0.717, 1.165) is 53.8 Å². The first-order valence-electron chi connectivity index (χ1n) is 8.49. The minimum atomic E-state index is 0.195. The van der Waals surface area contributed by atoms with Crippen LogP contribution in [0.2, 0.25) is 5.02 Å². The molecule has 3 heterocycles. The van der Waals surface area contributed by atoms with E-state index >= 15 is 0 Å². The third-order valence-corrected chi connectivity index (χ3v) is 5.76. The van der Waals surface area contributed by atoms with E-state index in [1.807, 2.05) is 18.2 Å². The van der Waals surface area contributed by atoms with Gasteiger partial charge in [-0.15, -0.1) is 11.3 Å². The maximum atomic E-state index is 9.27. The van der Waals surface area contributed by atoms with Crippen LogP contribution in [0.4, 0.5) is 16.4 Å². The summed E-state index contributed by atoms with van der Waals surface area (Å²) in [4.78, 5) is 8.56. The first-order chi connectivity index (χ1) is 12.1. The van der Waals surface area contributed by atoms with Crippen molar-refractivity contribution in [1.82, 2.24) is 10.2 Å². The Balaban J connectivity index is 1.77. The number of nitrogens with zero attached hydrogens (tertiary/aromatic N) is 2. The smallest absolute Gasteiger partial charge is 0.139 e. The predicted molar refractivity (Wildman–Crippen MR) is 105 cm³/mol. The van der Waals surface area contributed by atoms with Crippen LogP contribution < -0.4 is 10.6 Å². The zero-order valence-corrected chi connectivity index (χ0v) is 15.6. The molecule has 7 heteroatoms. The number of aliphatic hydroxyl groups excluding tert-OH is 1. The van der Waals surface area contributed by atoms with Gasteiger partial charge in [-0.05, 0) is 37.6 Å². The first-order valence-corrected chi connectivity index (χ1v) is 9.69. The van der Waals surface area contributed by atoms with Crippen molar-refractivity contribution in [1.29, 1.82) is 0 Å². The third kappa shape index (κ3) is 3.40. The van der Waals surface area contributed by atoms with Crippen LogP contribution in [0.15, 0.2) is 29.3 Å². The van der Waals surface area contributed by atoms with Crippen molar-refractivity contribution >= 4 is 45.1 Å². The number of amidine groups is 1. The highest BCUT2D eigenvalue weighted by atomic mass is 35.5. The Morgan fingerprint density at radius 3 is 3.12 bits per heavy atom. The summed E-state index contributed by atoms with van der Waals surface area (Å²) in [7, 11) is 0. The molecular formula is C18H21ClN4OS. The summed E-state index contributed by atoms with van der Waals surface area (Å²) >= 11 is 7.94. The molecule has 2 aromatic rings. The summed E-state index contributed by atoms with van der Waals surface area (Å²) in [5, 5.41) is 18.1. The molecule has 1 saturated heterocycles. The predicted octanol–water partition coefficient (Wildman–Crippen LogP) is 3.50. The molecule has 0 radical (unpaired) electrons. The summed E-state index contributed by atoms with van der Waals surface area (Å²) in [5.74, 6) is 0.984. The fraction of sp³-hybridized carbons (Fsp3) is 0.389. The Morgan fingerprint density at radius 2 is 2.28 bits per heavy atom. The van der Waals surface area contributed by atoms with Gasteiger partial charge in [0.1, 0.15) is 10.8 Å². The molecule has 3 N–H and O–H groups in total. The van der Waals surface area contributed by atoms with Crippen LogP contribution >= 0.6 is 22.9 Å². The second-order valence-electron chi connectivity index (χ2n) is 6.43. The number of hydrogen-bond acceptors (Lipinski definition) is 6. The van der Waals surface area contributed by atoms with Gasteiger partial charge in [-0.3, -0.25) is 0 Å². The molecule has 1 fully saturated rings. The Morgan fingerprint density at radius 1 is 1.40 bits per heavy atom. The molecule has 132 valence electrons. The summed E-state index contributed by atoms with van der Waals surface area (Å²) in [6.07, 6.45) is 0.750. The Labute approximate surface area is 156 Å². The number of hydrogen-bond donors (Lipinski definition) is 3. The van der Waals surface area contributed by atoms with E-state index in [1.165, 1.54) is 4.88 Å². The highest BCUT2D eigenvalue weighted by Gasteiger charge is 2.27. The molecule has 4 rings (SSSR count). The molecule has 1 atom stereocenters. The van der Waals surface area contributed by atoms with Gasteiger partial charge < -0.3 is 20.6 Å². The van der Waals surface area contributed by atoms with E-state index in [4.69, 9.17) is 16.6 Å². The highest BCUT2D eigenvalue weighted by molar-refractivity contribution is 7.16. The van der Waals surface area contributed by atoms with Gasteiger partial charge in [-0.25, -0.2) is 4.99 Å². The molecule has 0 amide bonds. The number of fused-ring (bicyclic) bond motifs is 2. The van der Waals surface area contributed by atoms with Crippen molar-refractivity contribution in [3.8, 4) is 0 Å². The van der Waals surface area contributed by atoms with Gasteiger partial charge in [0.2, 0.25) is 0 Å². The normalized spacial score (nSPS) is 19.6. The average molecular weight is 377 g/mol. The summed E-state index contributed by atoms with van der Waals surface area (Å²) in [6, 6.07) is 8.24. The molecule has 0 aliphatic carbocycles. The number of piperazine rings is 1. The van der Waals surface area contributed by atoms with Crippen LogP contribution in [0.1, 0.15) is 16.9 Å². The molecule has 25 heavy (non-hydrogen) atoms. The van der Waals surface area contributed by atoms with Crippen LogP contribution in [0.5, 0.6) is 0 Å². The van der Waals surface area contributed by atoms with Crippen LogP contribution in [0.3, 0.4) is 0 Å². The second kappa shape index (κ2) is 6.96. The first kappa shape index (κ1) is 16.8. The quantitative estimate of drug-likeness (QED) is 0.750. The van der Waals surface area contributed by atoms with Gasteiger partial charge in [0.25, 0.3) is 0 Å². The lowest BCUT2D eigenvalue weighted by Crippen LogP contribution is -2.53. The molecule has 0 unspecified atom stereocenters. The number of benzene rings is 1. The van der Waals surface area contributed by atoms with E-state index in [1.54, 1.807) is 11.3 Å². The van der Waals surface area contributed by atoms with Crippen molar-refractivity contribution in [3.05, 3.63) is 39.7 Å². The minimum absolute atomic E-state index is 0.195. The Kier molecular flexibility index (Phi) is 4.69. The lowest BCUT2D eigenvalue weighted by atomic mass is 10.1. The second-order valence-corrected chi connectivity index (χ2v) is 8.12. The van der Waals surface area contributed by atoms with Gasteiger partial charge in [0, 0.05) is 42.2 Å². The third-order valence-electron chi connectivity index (χ3n) is 4.56. The molecule has 0 bridgehead atoms. The van der Waals surface area contributed by atoms with E-state index in [2.05, 4.69) is 28.5 Å². The monoisotopic (exact) mass is 376 g/mol. The lowest BCUT2D eigenvalue weighted by Gasteiger charge is -2.35. The summed E-state index contributed by atoms with van der Waals surface area (Å²) in [5.41, 5.74) is 2.98. The van der Waals surface area contributed by atoms with E-state index < -0.39 is 0 Å². The molecule has 2 aliphatic heterocycles. The Bertz CT molecular complexity index is 817. The molecule has 2 aliphatic rings. The molecule has 0 spiro atoms. The maximum Gasteiger partial charge on any atom is 0.139 e. The van der Waals surface area contributed by atoms with Crippen molar-refractivity contribution in [2.45, 2.75) is 19.4 Å². The number of nitrogens with one attached hydrogen (secondary N) is 2. The van der Waals surface area contributed by atoms with Crippen LogP contribution in [0, 0.1) is 6.92 Å². The summed E-state index contributed by atoms with van der Waals surface area (Å²) in [6.45, 7) is 4.93. The molecule has 1 aromatic carbocycles. The largest absolute Gasteiger partial charge is 0.396 e. The average Bonchev–Trinajstić information content (AvgIpc) is 2.88. The topological polar surface area (TPSA) is 59.9 Å². The van der Waals surface area contributed by atoms with Crippen LogP contribution in [-0.2, 0) is 0 Å². The zero-order valence-electron chi connectivity index (χ0n) is 14.1. The van der Waals surface area contributed by atoms with Crippen LogP contribution in [0.25, 0.3) is 0 Å². The fourth-order valence-corrected chi connectivity index (χ4v) is 4.47. The number of halogens is 1. The fourth-order valence-electron chi connectivity index (χ4n) is 3.38. The van der Waals surface area contributed by atoms with Crippen molar-refractivity contribution in [2.24, 2.45) is 4.99 Å². The van der Waals surface area contributed by atoms with E-state index in [-0.39, 0.29) is 12.6 Å². The SMILES string of the molecule is Cc1cc2c(s1)Nc1ccc(Cl)cc1N=C2N1CCN[C@@H](CCO)C1. The lowest BCUT2D eigenvalue weighted by molar-refractivity contribution is 0.223. The number of rotatable bonds is 2. The van der Waals surface area contributed by atoms with Gasteiger partial charge in [0.05, 0.1) is 16.9 Å². The van der Waals surface area contributed by atoms with Gasteiger partial charge in [0.15, 0.2) is 0 Å². The van der Waals surface area contributed by atoms with Crippen LogP contribution in [-0.4, -0.2) is 48.1 Å². The van der Waals surface area contributed by atoms with Crippen molar-refractivity contribution < 1.29 is 5.11 Å². The molecule has 5 nitrogen and oxygen atoms in total. The zero-order chi connectivity index (χ0) is 17.4. The maximum absolute atomic E-state index is 9.27. The van der Waals surface area contributed by atoms with E-state index in [0.29, 0.717) is 5.02 Å². The molecule has 1 aromatic heterocycles. The van der Waals surface area contributed by atoms with Gasteiger partial charge in [-0.1, -0.05) is 11.6 Å². The standard InChI is InChI=1S/C18H21ClN4OS/c1-11-8-14-17(23-6-5-20-13(10-23)4-7-24)21-16-9-12(19)2-3-15(16)22-18(14)25-11/h2-3,8-9,13,20,22,24H,4-7,10H2,1H3/t13-/m0/s1. The van der Waals surface area contributed by atoms with E-state index in [9.17, 15) is 5.11 Å². The Hall–Kier alpha value is -1.60. The van der Waals surface area contributed by atoms with Gasteiger partial charge >= 0.3 is 0 Å².